The smallest absolute Gasteiger partial charge is 0.315 e. The number of rotatable bonds is 2. The zero-order valence-electron chi connectivity index (χ0n) is 8.23. The summed E-state index contributed by atoms with van der Waals surface area (Å²) in [4.78, 5) is 16.5. The number of hydrogen-bond acceptors (Lipinski definition) is 3. The Hall–Kier alpha value is -1.36. The Labute approximate surface area is 90.2 Å². The van der Waals surface area contributed by atoms with Crippen molar-refractivity contribution in [1.29, 1.82) is 0 Å². The molecule has 15 heavy (non-hydrogen) atoms. The van der Waals surface area contributed by atoms with Crippen LogP contribution in [0.15, 0.2) is 11.6 Å². The van der Waals surface area contributed by atoms with Crippen molar-refractivity contribution in [3.63, 3.8) is 0 Å². The number of aromatic nitrogens is 2. The third kappa shape index (κ3) is 1.01. The van der Waals surface area contributed by atoms with Crippen LogP contribution < -0.4 is 0 Å². The lowest BCUT2D eigenvalue weighted by atomic mass is 10.0. The lowest BCUT2D eigenvalue weighted by Gasteiger charge is -2.09. The van der Waals surface area contributed by atoms with Crippen molar-refractivity contribution in [2.24, 2.45) is 0 Å². The van der Waals surface area contributed by atoms with Crippen LogP contribution in [0.5, 0.6) is 0 Å². The molecule has 4 nitrogen and oxygen atoms in total. The molecule has 1 saturated carbocycles. The number of aliphatic carboxylic acids is 1. The molecule has 0 aliphatic heterocycles. The van der Waals surface area contributed by atoms with Gasteiger partial charge >= 0.3 is 5.97 Å². The minimum atomic E-state index is -0.724. The molecule has 0 spiro atoms. The average molecular weight is 222 g/mol. The van der Waals surface area contributed by atoms with Gasteiger partial charge in [-0.25, -0.2) is 4.98 Å². The Balaban J connectivity index is 2.29. The van der Waals surface area contributed by atoms with Gasteiger partial charge in [-0.15, -0.1) is 11.3 Å². The van der Waals surface area contributed by atoms with E-state index in [2.05, 4.69) is 4.98 Å². The van der Waals surface area contributed by atoms with Crippen LogP contribution in [-0.4, -0.2) is 20.5 Å². The number of nitrogens with zero attached hydrogens (tertiary/aromatic N) is 2. The van der Waals surface area contributed by atoms with Gasteiger partial charge in [0.1, 0.15) is 5.41 Å². The lowest BCUT2D eigenvalue weighted by molar-refractivity contribution is -0.140. The van der Waals surface area contributed by atoms with Gasteiger partial charge in [-0.1, -0.05) is 0 Å². The molecule has 0 amide bonds. The molecule has 0 unspecified atom stereocenters. The first kappa shape index (κ1) is 8.91. The van der Waals surface area contributed by atoms with Crippen LogP contribution in [0.1, 0.15) is 24.2 Å². The van der Waals surface area contributed by atoms with Crippen LogP contribution in [-0.2, 0) is 10.2 Å². The Bertz CT molecular complexity index is 551. The van der Waals surface area contributed by atoms with Gasteiger partial charge in [-0.3, -0.25) is 9.20 Å². The van der Waals surface area contributed by atoms with Crippen LogP contribution >= 0.6 is 11.3 Å². The molecule has 1 N–H and O–H groups in total. The van der Waals surface area contributed by atoms with Crippen molar-refractivity contribution < 1.29 is 9.90 Å². The quantitative estimate of drug-likeness (QED) is 0.843. The summed E-state index contributed by atoms with van der Waals surface area (Å²) in [5, 5.41) is 11.2. The fraction of sp³-hybridized carbons (Fsp3) is 0.400. The lowest BCUT2D eigenvalue weighted by Crippen LogP contribution is -2.22. The Morgan fingerprint density at radius 2 is 2.40 bits per heavy atom. The zero-order chi connectivity index (χ0) is 10.6. The summed E-state index contributed by atoms with van der Waals surface area (Å²) in [6.45, 7) is 1.89. The third-order valence-electron chi connectivity index (χ3n) is 3.05. The highest BCUT2D eigenvalue weighted by atomic mass is 32.1. The van der Waals surface area contributed by atoms with Crippen LogP contribution in [0.4, 0.5) is 0 Å². The predicted octanol–water partition coefficient (Wildman–Crippen LogP) is 1.82. The van der Waals surface area contributed by atoms with Gasteiger partial charge in [-0.05, 0) is 19.8 Å². The maximum absolute atomic E-state index is 11.3. The highest BCUT2D eigenvalue weighted by Crippen LogP contribution is 2.49. The van der Waals surface area contributed by atoms with E-state index in [0.29, 0.717) is 0 Å². The van der Waals surface area contributed by atoms with Crippen LogP contribution in [0.3, 0.4) is 0 Å². The van der Waals surface area contributed by atoms with Crippen LogP contribution in [0.2, 0.25) is 0 Å². The number of thiazole rings is 1. The summed E-state index contributed by atoms with van der Waals surface area (Å²) < 4.78 is 1.92. The van der Waals surface area contributed by atoms with E-state index in [1.807, 2.05) is 22.9 Å². The first-order valence-corrected chi connectivity index (χ1v) is 5.69. The van der Waals surface area contributed by atoms with Gasteiger partial charge in [0.25, 0.3) is 0 Å². The molecule has 2 aromatic heterocycles. The van der Waals surface area contributed by atoms with Gasteiger partial charge in [-0.2, -0.15) is 0 Å². The van der Waals surface area contributed by atoms with E-state index in [4.69, 9.17) is 0 Å². The van der Waals surface area contributed by atoms with E-state index in [1.54, 1.807) is 0 Å². The average Bonchev–Trinajstić information content (AvgIpc) is 2.74. The summed E-state index contributed by atoms with van der Waals surface area (Å²) in [6, 6.07) is 0. The Morgan fingerprint density at radius 1 is 1.67 bits per heavy atom. The molecular weight excluding hydrogens is 212 g/mol. The fourth-order valence-corrected chi connectivity index (χ4v) is 2.91. The minimum Gasteiger partial charge on any atom is -0.481 e. The number of carbonyl (C=O) groups is 1. The molecule has 2 aromatic rings. The zero-order valence-corrected chi connectivity index (χ0v) is 9.04. The molecule has 1 fully saturated rings. The van der Waals surface area contributed by atoms with E-state index in [1.165, 1.54) is 11.3 Å². The number of hydrogen-bond donors (Lipinski definition) is 1. The van der Waals surface area contributed by atoms with E-state index in [-0.39, 0.29) is 0 Å². The Kier molecular flexibility index (Phi) is 1.55. The number of aryl methyl sites for hydroxylation is 1. The Morgan fingerprint density at radius 3 is 3.00 bits per heavy atom. The predicted molar refractivity (Wildman–Crippen MR) is 56.4 cm³/mol. The second-order valence-corrected chi connectivity index (χ2v) is 4.86. The molecule has 1 aliphatic carbocycles. The highest BCUT2D eigenvalue weighted by Gasteiger charge is 2.54. The van der Waals surface area contributed by atoms with Crippen molar-refractivity contribution in [3.8, 4) is 0 Å². The van der Waals surface area contributed by atoms with Gasteiger partial charge in [0.15, 0.2) is 4.96 Å². The molecule has 0 radical (unpaired) electrons. The maximum Gasteiger partial charge on any atom is 0.315 e. The molecule has 3 rings (SSSR count). The van der Waals surface area contributed by atoms with E-state index in [0.717, 1.165) is 29.2 Å². The van der Waals surface area contributed by atoms with Gasteiger partial charge in [0.2, 0.25) is 0 Å². The first-order chi connectivity index (χ1) is 7.15. The van der Waals surface area contributed by atoms with Crippen molar-refractivity contribution >= 4 is 22.3 Å². The molecule has 5 heteroatoms. The topological polar surface area (TPSA) is 54.6 Å². The summed E-state index contributed by atoms with van der Waals surface area (Å²) >= 11 is 1.54. The van der Waals surface area contributed by atoms with Crippen molar-refractivity contribution in [1.82, 2.24) is 9.38 Å². The third-order valence-corrected chi connectivity index (χ3v) is 3.81. The molecule has 0 atom stereocenters. The fourth-order valence-electron chi connectivity index (χ4n) is 2.15. The summed E-state index contributed by atoms with van der Waals surface area (Å²) in [5.41, 5.74) is 1.05. The number of imidazole rings is 1. The molecule has 0 aromatic carbocycles. The van der Waals surface area contributed by atoms with Gasteiger partial charge in [0, 0.05) is 11.6 Å². The number of carboxylic acid groups (broad SMARTS) is 1. The SMILES string of the molecule is Cc1nc2sccn2c1C1(C(=O)O)CC1. The van der Waals surface area contributed by atoms with Crippen molar-refractivity contribution in [2.45, 2.75) is 25.2 Å². The molecule has 0 saturated heterocycles. The monoisotopic (exact) mass is 222 g/mol. The summed E-state index contributed by atoms with van der Waals surface area (Å²) in [6.07, 6.45) is 3.36. The molecule has 78 valence electrons. The van der Waals surface area contributed by atoms with E-state index in [9.17, 15) is 9.90 Å². The molecular formula is C10H10N2O2S. The maximum atomic E-state index is 11.3. The number of carboxylic acids is 1. The first-order valence-electron chi connectivity index (χ1n) is 4.81. The second-order valence-electron chi connectivity index (χ2n) is 3.99. The molecule has 1 aliphatic rings. The second kappa shape index (κ2) is 2.61. The van der Waals surface area contributed by atoms with Crippen molar-refractivity contribution in [2.75, 3.05) is 0 Å². The van der Waals surface area contributed by atoms with E-state index >= 15 is 0 Å². The highest BCUT2D eigenvalue weighted by molar-refractivity contribution is 7.15. The summed E-state index contributed by atoms with van der Waals surface area (Å²) in [5.74, 6) is -0.724. The van der Waals surface area contributed by atoms with Crippen molar-refractivity contribution in [3.05, 3.63) is 23.0 Å². The molecule has 0 bridgehead atoms. The molecule has 2 heterocycles. The van der Waals surface area contributed by atoms with Gasteiger partial charge in [0.05, 0.1) is 11.4 Å². The normalized spacial score (nSPS) is 18.2. The van der Waals surface area contributed by atoms with Gasteiger partial charge < -0.3 is 5.11 Å². The van der Waals surface area contributed by atoms with Crippen LogP contribution in [0, 0.1) is 6.92 Å². The standard InChI is InChI=1S/C10H10N2O2S/c1-6-7(10(2-3-10)8(13)14)12-4-5-15-9(12)11-6/h4-5H,2-3H2,1H3,(H,13,14). The minimum absolute atomic E-state index is 0.662. The largest absolute Gasteiger partial charge is 0.481 e. The summed E-state index contributed by atoms with van der Waals surface area (Å²) in [7, 11) is 0. The number of fused-ring (bicyclic) bond motifs is 1. The van der Waals surface area contributed by atoms with Crippen LogP contribution in [0.25, 0.3) is 4.96 Å². The van der Waals surface area contributed by atoms with E-state index < -0.39 is 11.4 Å².